The maximum absolute atomic E-state index is 11.4. The highest BCUT2D eigenvalue weighted by Crippen LogP contribution is 1.96. The molecular weight excluding hydrogens is 217 g/mol. The largest absolute Gasteiger partial charge is 0.480 e. The molecule has 0 amide bonds. The quantitative estimate of drug-likeness (QED) is 0.768. The third-order valence-electron chi connectivity index (χ3n) is 2.06. The number of aromatic nitrogens is 1. The van der Waals surface area contributed by atoms with Crippen LogP contribution in [-0.2, 0) is 13.0 Å². The summed E-state index contributed by atoms with van der Waals surface area (Å²) in [4.78, 5) is 11.4. The number of nitrogens with zero attached hydrogens (tertiary/aromatic N) is 1. The fourth-order valence-corrected chi connectivity index (χ4v) is 1.23. The van der Waals surface area contributed by atoms with E-state index in [1.807, 2.05) is 20.8 Å². The SMILES string of the molecule is CC.CCc1ccc(=O)n(C/C=C/B(O)O)c1. The van der Waals surface area contributed by atoms with E-state index in [1.54, 1.807) is 18.3 Å². The van der Waals surface area contributed by atoms with Crippen LogP contribution in [0, 0.1) is 0 Å². The van der Waals surface area contributed by atoms with Gasteiger partial charge in [0, 0.05) is 18.8 Å². The molecule has 1 aromatic heterocycles. The van der Waals surface area contributed by atoms with E-state index >= 15 is 0 Å². The van der Waals surface area contributed by atoms with Gasteiger partial charge in [-0.2, -0.15) is 0 Å². The minimum absolute atomic E-state index is 0.0933. The van der Waals surface area contributed by atoms with Crippen molar-refractivity contribution < 1.29 is 10.0 Å². The van der Waals surface area contributed by atoms with Crippen molar-refractivity contribution in [3.8, 4) is 0 Å². The molecule has 17 heavy (non-hydrogen) atoms. The van der Waals surface area contributed by atoms with Gasteiger partial charge in [-0.3, -0.25) is 4.79 Å². The van der Waals surface area contributed by atoms with Crippen LogP contribution in [0.5, 0.6) is 0 Å². The zero-order valence-corrected chi connectivity index (χ0v) is 10.6. The molecule has 4 nitrogen and oxygen atoms in total. The van der Waals surface area contributed by atoms with Gasteiger partial charge in [0.2, 0.25) is 0 Å². The van der Waals surface area contributed by atoms with Crippen LogP contribution in [0.3, 0.4) is 0 Å². The smallest absolute Gasteiger partial charge is 0.424 e. The number of hydrogen-bond donors (Lipinski definition) is 2. The van der Waals surface area contributed by atoms with E-state index in [4.69, 9.17) is 10.0 Å². The van der Waals surface area contributed by atoms with Crippen LogP contribution in [0.2, 0.25) is 0 Å². The molecule has 0 aromatic carbocycles. The first-order chi connectivity index (χ1) is 8.13. The van der Waals surface area contributed by atoms with E-state index < -0.39 is 7.12 Å². The summed E-state index contributed by atoms with van der Waals surface area (Å²) in [5.74, 6) is 1.23. The molecule has 5 heteroatoms. The van der Waals surface area contributed by atoms with Crippen molar-refractivity contribution in [2.45, 2.75) is 33.7 Å². The van der Waals surface area contributed by atoms with Crippen LogP contribution in [-0.4, -0.2) is 21.7 Å². The molecule has 0 atom stereocenters. The molecule has 0 bridgehead atoms. The molecule has 0 saturated heterocycles. The number of aryl methyl sites for hydroxylation is 1. The number of allylic oxidation sites excluding steroid dienone is 1. The maximum Gasteiger partial charge on any atom is 0.480 e. The van der Waals surface area contributed by atoms with Gasteiger partial charge in [0.15, 0.2) is 0 Å². The molecule has 2 N–H and O–H groups in total. The molecule has 0 unspecified atom stereocenters. The number of rotatable bonds is 4. The van der Waals surface area contributed by atoms with Crippen molar-refractivity contribution in [2.24, 2.45) is 0 Å². The fraction of sp³-hybridized carbons (Fsp3) is 0.417. The normalized spacial score (nSPS) is 9.94. The Morgan fingerprint density at radius 2 is 2.00 bits per heavy atom. The van der Waals surface area contributed by atoms with Gasteiger partial charge in [0.05, 0.1) is 0 Å². The monoisotopic (exact) mass is 237 g/mol. The molecule has 0 fully saturated rings. The lowest BCUT2D eigenvalue weighted by molar-refractivity contribution is 0.424. The molecule has 94 valence electrons. The minimum Gasteiger partial charge on any atom is -0.424 e. The lowest BCUT2D eigenvalue weighted by Crippen LogP contribution is -2.18. The zero-order valence-electron chi connectivity index (χ0n) is 10.6. The fourth-order valence-electron chi connectivity index (χ4n) is 1.23. The van der Waals surface area contributed by atoms with E-state index in [0.717, 1.165) is 12.0 Å². The summed E-state index contributed by atoms with van der Waals surface area (Å²) in [5.41, 5.74) is 0.983. The Hall–Kier alpha value is -1.33. The van der Waals surface area contributed by atoms with Gasteiger partial charge < -0.3 is 14.6 Å². The van der Waals surface area contributed by atoms with Gasteiger partial charge in [0.25, 0.3) is 5.56 Å². The van der Waals surface area contributed by atoms with Crippen LogP contribution in [0.25, 0.3) is 0 Å². The van der Waals surface area contributed by atoms with Gasteiger partial charge >= 0.3 is 7.12 Å². The van der Waals surface area contributed by atoms with E-state index in [0.29, 0.717) is 6.54 Å². The van der Waals surface area contributed by atoms with Crippen molar-refractivity contribution in [3.63, 3.8) is 0 Å². The zero-order chi connectivity index (χ0) is 13.3. The molecule has 0 aliphatic rings. The highest BCUT2D eigenvalue weighted by molar-refractivity contribution is 6.47. The van der Waals surface area contributed by atoms with E-state index in [-0.39, 0.29) is 5.56 Å². The second kappa shape index (κ2) is 8.78. The predicted molar refractivity (Wildman–Crippen MR) is 70.8 cm³/mol. The van der Waals surface area contributed by atoms with Crippen molar-refractivity contribution in [1.29, 1.82) is 0 Å². The van der Waals surface area contributed by atoms with Crippen molar-refractivity contribution in [3.05, 3.63) is 46.3 Å². The van der Waals surface area contributed by atoms with Crippen LogP contribution >= 0.6 is 0 Å². The van der Waals surface area contributed by atoms with Gasteiger partial charge in [-0.1, -0.05) is 38.9 Å². The Balaban J connectivity index is 0.00000121. The molecule has 0 radical (unpaired) electrons. The summed E-state index contributed by atoms with van der Waals surface area (Å²) in [6, 6.07) is 3.31. The Bertz CT molecular complexity index is 399. The summed E-state index contributed by atoms with van der Waals surface area (Å²) >= 11 is 0. The Kier molecular flexibility index (Phi) is 8.10. The lowest BCUT2D eigenvalue weighted by Gasteiger charge is -2.03. The van der Waals surface area contributed by atoms with Crippen LogP contribution in [0.1, 0.15) is 26.3 Å². The summed E-state index contributed by atoms with van der Waals surface area (Å²) in [5, 5.41) is 17.2. The first-order valence-electron chi connectivity index (χ1n) is 5.85. The maximum atomic E-state index is 11.4. The Morgan fingerprint density at radius 3 is 2.53 bits per heavy atom. The molecule has 0 aliphatic heterocycles. The van der Waals surface area contributed by atoms with Gasteiger partial charge in [-0.05, 0) is 12.0 Å². The minimum atomic E-state index is -1.46. The van der Waals surface area contributed by atoms with Crippen LogP contribution in [0.4, 0.5) is 0 Å². The van der Waals surface area contributed by atoms with Crippen molar-refractivity contribution in [2.75, 3.05) is 0 Å². The van der Waals surface area contributed by atoms with Gasteiger partial charge in [0.1, 0.15) is 0 Å². The summed E-state index contributed by atoms with van der Waals surface area (Å²) < 4.78 is 1.53. The summed E-state index contributed by atoms with van der Waals surface area (Å²) in [6.07, 6.45) is 4.19. The first kappa shape index (κ1) is 15.7. The standard InChI is InChI=1S/C10H14BNO3.C2H6/c1-2-9-4-5-10(13)12(8-9)7-3-6-11(14)15;1-2/h3-6,8,14-15H,2,7H2,1H3;1-2H3/b6-3+;. The Morgan fingerprint density at radius 1 is 1.35 bits per heavy atom. The third kappa shape index (κ3) is 6.09. The molecule has 0 spiro atoms. The summed E-state index contributed by atoms with van der Waals surface area (Å²) in [7, 11) is -1.46. The molecule has 0 aliphatic carbocycles. The van der Waals surface area contributed by atoms with E-state index in [9.17, 15) is 4.79 Å². The second-order valence-electron chi connectivity index (χ2n) is 3.22. The molecule has 1 aromatic rings. The molecule has 1 rings (SSSR count). The Labute approximate surface area is 102 Å². The molecular formula is C12H20BNO3. The van der Waals surface area contributed by atoms with Gasteiger partial charge in [-0.25, -0.2) is 0 Å². The number of hydrogen-bond acceptors (Lipinski definition) is 3. The van der Waals surface area contributed by atoms with Crippen molar-refractivity contribution in [1.82, 2.24) is 4.57 Å². The van der Waals surface area contributed by atoms with Gasteiger partial charge in [-0.15, -0.1) is 0 Å². The lowest BCUT2D eigenvalue weighted by atomic mass is 9.92. The second-order valence-corrected chi connectivity index (χ2v) is 3.22. The molecule has 0 saturated carbocycles. The average molecular weight is 237 g/mol. The topological polar surface area (TPSA) is 62.5 Å². The highest BCUT2D eigenvalue weighted by atomic mass is 16.4. The van der Waals surface area contributed by atoms with Crippen LogP contribution in [0.15, 0.2) is 35.2 Å². The highest BCUT2D eigenvalue weighted by Gasteiger charge is 1.99. The van der Waals surface area contributed by atoms with Crippen molar-refractivity contribution >= 4 is 7.12 Å². The average Bonchev–Trinajstić information content (AvgIpc) is 2.34. The predicted octanol–water partition coefficient (Wildman–Crippen LogP) is 1.01. The number of pyridine rings is 1. The van der Waals surface area contributed by atoms with Crippen LogP contribution < -0.4 is 5.56 Å². The molecule has 1 heterocycles. The summed E-state index contributed by atoms with van der Waals surface area (Å²) in [6.45, 7) is 6.36. The third-order valence-corrected chi connectivity index (χ3v) is 2.06. The van der Waals surface area contributed by atoms with E-state index in [2.05, 4.69) is 0 Å². The van der Waals surface area contributed by atoms with E-state index in [1.165, 1.54) is 16.6 Å². The first-order valence-corrected chi connectivity index (χ1v) is 5.85.